The Bertz CT molecular complexity index is 1100. The topological polar surface area (TPSA) is 72.3 Å². The van der Waals surface area contributed by atoms with Gasteiger partial charge in [-0.3, -0.25) is 0 Å². The number of nitrogens with one attached hydrogen (secondary N) is 1. The molecule has 1 aromatic carbocycles. The summed E-state index contributed by atoms with van der Waals surface area (Å²) in [4.78, 5) is 19.5. The number of nitrogens with zero attached hydrogens (tertiary/aromatic N) is 4. The zero-order chi connectivity index (χ0) is 22.2. The molecule has 2 aromatic heterocycles. The van der Waals surface area contributed by atoms with Gasteiger partial charge in [0.15, 0.2) is 0 Å². The van der Waals surface area contributed by atoms with Crippen LogP contribution >= 0.6 is 22.6 Å². The van der Waals surface area contributed by atoms with Crippen molar-refractivity contribution in [2.75, 3.05) is 11.9 Å². The molecule has 1 N–H and O–H groups in total. The molecule has 3 heterocycles. The lowest BCUT2D eigenvalue weighted by molar-refractivity contribution is 0.0814. The molecule has 7 nitrogen and oxygen atoms in total. The molecule has 0 bridgehead atoms. The zero-order valence-corrected chi connectivity index (χ0v) is 21.5. The second-order valence-corrected chi connectivity index (χ2v) is 15.8. The first-order valence-corrected chi connectivity index (χ1v) is 15.3. The van der Waals surface area contributed by atoms with Crippen molar-refractivity contribution in [3.8, 4) is 0 Å². The second kappa shape index (κ2) is 8.87. The summed E-state index contributed by atoms with van der Waals surface area (Å²) in [5, 5.41) is 7.64. The fourth-order valence-electron chi connectivity index (χ4n) is 3.60. The van der Waals surface area contributed by atoms with Gasteiger partial charge in [0.2, 0.25) is 0 Å². The van der Waals surface area contributed by atoms with Gasteiger partial charge < -0.3 is 15.0 Å². The van der Waals surface area contributed by atoms with Crippen molar-refractivity contribution in [3.63, 3.8) is 0 Å². The quantitative estimate of drug-likeness (QED) is 0.242. The van der Waals surface area contributed by atoms with Crippen LogP contribution in [0.4, 0.5) is 10.5 Å². The molecule has 0 radical (unpaired) electrons. The maximum Gasteiger partial charge on any atom is 0.322 e. The second-order valence-electron chi connectivity index (χ2n) is 9.13. The van der Waals surface area contributed by atoms with Crippen molar-refractivity contribution in [3.05, 3.63) is 51.4 Å². The summed E-state index contributed by atoms with van der Waals surface area (Å²) in [6, 6.07) is 13.0. The van der Waals surface area contributed by atoms with Crippen molar-refractivity contribution in [2.24, 2.45) is 0 Å². The normalized spacial score (nSPS) is 15.1. The van der Waals surface area contributed by atoms with Crippen LogP contribution in [-0.4, -0.2) is 40.4 Å². The Hall–Kier alpha value is -1.98. The number of amides is 2. The number of benzene rings is 1. The van der Waals surface area contributed by atoms with E-state index in [1.165, 1.54) is 0 Å². The highest BCUT2D eigenvalue weighted by molar-refractivity contribution is 14.1. The molecule has 9 heteroatoms. The minimum absolute atomic E-state index is 0.0478. The van der Waals surface area contributed by atoms with Crippen molar-refractivity contribution < 1.29 is 9.53 Å². The predicted molar refractivity (Wildman–Crippen MR) is 134 cm³/mol. The van der Waals surface area contributed by atoms with Crippen LogP contribution < -0.4 is 5.32 Å². The first-order chi connectivity index (χ1) is 14.7. The first-order valence-electron chi connectivity index (χ1n) is 10.5. The number of urea groups is 1. The molecule has 1 aliphatic rings. The smallest absolute Gasteiger partial charge is 0.322 e. The van der Waals surface area contributed by atoms with E-state index in [1.54, 1.807) is 0 Å². The van der Waals surface area contributed by atoms with Gasteiger partial charge >= 0.3 is 6.03 Å². The molecule has 0 fully saturated rings. The zero-order valence-electron chi connectivity index (χ0n) is 18.4. The molecule has 164 valence electrons. The average molecular weight is 549 g/mol. The molecule has 0 saturated heterocycles. The lowest BCUT2D eigenvalue weighted by Gasteiger charge is -2.33. The summed E-state index contributed by atoms with van der Waals surface area (Å²) >= 11 is 2.22. The van der Waals surface area contributed by atoms with E-state index in [0.717, 1.165) is 44.3 Å². The van der Waals surface area contributed by atoms with Gasteiger partial charge in [-0.2, -0.15) is 5.10 Å². The van der Waals surface area contributed by atoms with Gasteiger partial charge in [0, 0.05) is 14.7 Å². The Kier molecular flexibility index (Phi) is 6.36. The Labute approximate surface area is 197 Å². The van der Waals surface area contributed by atoms with Gasteiger partial charge in [0.05, 0.1) is 29.5 Å². The standard InChI is InChI=1S/C22H28IN5O2Si/c1-15(16-8-6-5-7-9-16)27-13-18-17(25-22(27)29)12-19-20(24-18)21(23)26-28(19)14-30-10-11-31(2,3)4/h5-9,12,15H,10-11,13-14H2,1-4H3,(H,25,29). The van der Waals surface area contributed by atoms with Crippen LogP contribution in [0.3, 0.4) is 0 Å². The third-order valence-electron chi connectivity index (χ3n) is 5.55. The van der Waals surface area contributed by atoms with Crippen LogP contribution in [0.5, 0.6) is 0 Å². The highest BCUT2D eigenvalue weighted by atomic mass is 127. The van der Waals surface area contributed by atoms with Crippen molar-refractivity contribution >= 4 is 53.4 Å². The number of fused-ring (bicyclic) bond motifs is 2. The number of pyridine rings is 1. The Balaban J connectivity index is 1.56. The SMILES string of the molecule is CC(c1ccccc1)N1Cc2nc3c(I)nn(COCC[Si](C)(C)C)c3cc2NC1=O. The average Bonchev–Trinajstić information content (AvgIpc) is 3.03. The van der Waals surface area contributed by atoms with Gasteiger partial charge in [-0.25, -0.2) is 14.5 Å². The summed E-state index contributed by atoms with van der Waals surface area (Å²) in [5.74, 6) is 0. The van der Waals surface area contributed by atoms with Crippen molar-refractivity contribution in [1.29, 1.82) is 0 Å². The van der Waals surface area contributed by atoms with Gasteiger partial charge in [-0.05, 0) is 47.2 Å². The molecule has 2 amide bonds. The Morgan fingerprint density at radius 2 is 2.00 bits per heavy atom. The fourth-order valence-corrected chi connectivity index (χ4v) is 5.01. The number of rotatable bonds is 7. The van der Waals surface area contributed by atoms with Crippen molar-refractivity contribution in [1.82, 2.24) is 19.7 Å². The highest BCUT2D eigenvalue weighted by Gasteiger charge is 2.29. The van der Waals surface area contributed by atoms with Crippen LogP contribution in [0, 0.1) is 3.70 Å². The monoisotopic (exact) mass is 549 g/mol. The number of aromatic nitrogens is 3. The van der Waals surface area contributed by atoms with Crippen LogP contribution in [0.2, 0.25) is 25.7 Å². The lowest BCUT2D eigenvalue weighted by atomic mass is 10.1. The van der Waals surface area contributed by atoms with Crippen LogP contribution in [0.25, 0.3) is 11.0 Å². The van der Waals surface area contributed by atoms with Gasteiger partial charge in [0.1, 0.15) is 15.9 Å². The lowest BCUT2D eigenvalue weighted by Crippen LogP contribution is -2.40. The summed E-state index contributed by atoms with van der Waals surface area (Å²) in [6.07, 6.45) is 0. The summed E-state index contributed by atoms with van der Waals surface area (Å²) in [5.41, 5.74) is 4.42. The molecule has 0 saturated carbocycles. The molecular weight excluding hydrogens is 521 g/mol. The molecular formula is C22H28IN5O2Si. The van der Waals surface area contributed by atoms with E-state index in [4.69, 9.17) is 9.72 Å². The van der Waals surface area contributed by atoms with E-state index in [-0.39, 0.29) is 12.1 Å². The molecule has 1 atom stereocenters. The number of hydrogen-bond acceptors (Lipinski definition) is 4. The predicted octanol–water partition coefficient (Wildman–Crippen LogP) is 5.46. The first kappa shape index (κ1) is 22.2. The molecule has 0 spiro atoms. The molecule has 1 unspecified atom stereocenters. The largest absolute Gasteiger partial charge is 0.360 e. The maximum atomic E-state index is 12.8. The molecule has 0 aliphatic carbocycles. The Morgan fingerprint density at radius 1 is 1.26 bits per heavy atom. The fraction of sp³-hybridized carbons (Fsp3) is 0.409. The number of carbonyl (C=O) groups is 1. The van der Waals surface area contributed by atoms with E-state index in [9.17, 15) is 4.79 Å². The number of ether oxygens (including phenoxy) is 1. The van der Waals surface area contributed by atoms with E-state index >= 15 is 0 Å². The van der Waals surface area contributed by atoms with Gasteiger partial charge in [-0.15, -0.1) is 0 Å². The van der Waals surface area contributed by atoms with E-state index in [2.05, 4.69) is 52.6 Å². The van der Waals surface area contributed by atoms with Gasteiger partial charge in [-0.1, -0.05) is 50.0 Å². The van der Waals surface area contributed by atoms with Crippen molar-refractivity contribution in [2.45, 2.75) is 51.9 Å². The number of carbonyl (C=O) groups excluding carboxylic acids is 1. The minimum atomic E-state index is -1.13. The summed E-state index contributed by atoms with van der Waals surface area (Å²) in [6.45, 7) is 10.6. The van der Waals surface area contributed by atoms with E-state index in [1.807, 2.05) is 52.9 Å². The molecule has 4 rings (SSSR count). The van der Waals surface area contributed by atoms with Gasteiger partial charge in [0.25, 0.3) is 0 Å². The van der Waals surface area contributed by atoms with Crippen LogP contribution in [0.1, 0.15) is 24.2 Å². The highest BCUT2D eigenvalue weighted by Crippen LogP contribution is 2.32. The van der Waals surface area contributed by atoms with Crippen LogP contribution in [-0.2, 0) is 18.0 Å². The number of hydrogen-bond donors (Lipinski definition) is 1. The van der Waals surface area contributed by atoms with E-state index in [0.29, 0.717) is 13.3 Å². The molecule has 31 heavy (non-hydrogen) atoms. The third-order valence-corrected chi connectivity index (χ3v) is 7.98. The minimum Gasteiger partial charge on any atom is -0.360 e. The summed E-state index contributed by atoms with van der Waals surface area (Å²) in [7, 11) is -1.13. The molecule has 1 aliphatic heterocycles. The molecule has 3 aromatic rings. The van der Waals surface area contributed by atoms with E-state index < -0.39 is 8.07 Å². The third kappa shape index (κ3) is 4.93. The summed E-state index contributed by atoms with van der Waals surface area (Å²) < 4.78 is 8.56. The number of anilines is 1. The van der Waals surface area contributed by atoms with Crippen LogP contribution in [0.15, 0.2) is 36.4 Å². The Morgan fingerprint density at radius 3 is 2.71 bits per heavy atom. The maximum absolute atomic E-state index is 12.8. The number of halogens is 1.